The molecule has 0 saturated heterocycles. The summed E-state index contributed by atoms with van der Waals surface area (Å²) < 4.78 is 25.7. The van der Waals surface area contributed by atoms with Gasteiger partial charge in [0.05, 0.1) is 18.6 Å². The number of carbonyl (C=O) groups excluding carboxylic acids is 1. The molecular formula is C27H48N4O4S. The molecule has 206 valence electrons. The summed E-state index contributed by atoms with van der Waals surface area (Å²) in [5.74, 6) is 1.33. The van der Waals surface area contributed by atoms with Gasteiger partial charge in [-0.25, -0.2) is 8.51 Å². The lowest BCUT2D eigenvalue weighted by molar-refractivity contribution is -0.135. The highest BCUT2D eigenvalue weighted by Crippen LogP contribution is 2.28. The normalized spacial score (nSPS) is 19.2. The van der Waals surface area contributed by atoms with Crippen LogP contribution in [0.1, 0.15) is 36.8 Å². The molecule has 36 heavy (non-hydrogen) atoms. The summed E-state index contributed by atoms with van der Waals surface area (Å²) in [7, 11) is 10.5. The van der Waals surface area contributed by atoms with Crippen molar-refractivity contribution < 1.29 is 18.5 Å². The summed E-state index contributed by atoms with van der Waals surface area (Å²) in [6.07, 6.45) is 4.72. The van der Waals surface area contributed by atoms with Crippen LogP contribution in [0.3, 0.4) is 0 Å². The van der Waals surface area contributed by atoms with Crippen LogP contribution in [-0.2, 0) is 20.5 Å². The number of ether oxygens (including phenoxy) is 2. The number of nitrogens with zero attached hydrogens (tertiary/aromatic N) is 4. The molecule has 2 rings (SSSR count). The third-order valence-electron chi connectivity index (χ3n) is 7.20. The van der Waals surface area contributed by atoms with Crippen LogP contribution in [0.15, 0.2) is 17.0 Å². The third kappa shape index (κ3) is 9.41. The van der Waals surface area contributed by atoms with Crippen molar-refractivity contribution in [1.29, 1.82) is 0 Å². The lowest BCUT2D eigenvalue weighted by atomic mass is 9.85. The molecular weight excluding hydrogens is 476 g/mol. The van der Waals surface area contributed by atoms with Gasteiger partial charge in [-0.2, -0.15) is 0 Å². The molecule has 1 unspecified atom stereocenters. The van der Waals surface area contributed by atoms with Crippen molar-refractivity contribution in [2.75, 3.05) is 81.7 Å². The van der Waals surface area contributed by atoms with Crippen molar-refractivity contribution >= 4 is 16.9 Å². The maximum Gasteiger partial charge on any atom is 0.248 e. The zero-order valence-electron chi connectivity index (χ0n) is 23.7. The second kappa shape index (κ2) is 15.0. The van der Waals surface area contributed by atoms with E-state index >= 15 is 0 Å². The summed E-state index contributed by atoms with van der Waals surface area (Å²) in [6, 6.07) is 4.45. The van der Waals surface area contributed by atoms with Crippen LogP contribution >= 0.6 is 0 Å². The van der Waals surface area contributed by atoms with Crippen molar-refractivity contribution in [3.63, 3.8) is 0 Å². The lowest BCUT2D eigenvalue weighted by Gasteiger charge is -2.36. The average Bonchev–Trinajstić information content (AvgIpc) is 2.84. The Hall–Kier alpha value is -1.52. The van der Waals surface area contributed by atoms with E-state index in [0.29, 0.717) is 25.1 Å². The molecule has 0 spiro atoms. The van der Waals surface area contributed by atoms with E-state index in [0.717, 1.165) is 54.2 Å². The summed E-state index contributed by atoms with van der Waals surface area (Å²) in [6.45, 7) is 7.73. The standard InChI is InChI=1S/C27H48N4O4S/c1-21-17-25(34-8)18-22(2)27(21)36(33)31(7)15-16-35-20-26(32)30(6)19-23-9-11-24(12-10-23)29(5)14-13-28(3)4/h17-18,23-24H,9-16,19-20H2,1-8H3. The first kappa shape index (κ1) is 30.7. The minimum atomic E-state index is -1.30. The van der Waals surface area contributed by atoms with Crippen molar-refractivity contribution in [1.82, 2.24) is 19.0 Å². The zero-order valence-corrected chi connectivity index (χ0v) is 24.5. The SMILES string of the molecule is COc1cc(C)c(S(=O)N(C)CCOCC(=O)N(C)CC2CCC(N(C)CCN(C)C)CC2)c(C)c1. The second-order valence-corrected chi connectivity index (χ2v) is 12.0. The predicted octanol–water partition coefficient (Wildman–Crippen LogP) is 2.79. The van der Waals surface area contributed by atoms with E-state index < -0.39 is 11.0 Å². The fourth-order valence-corrected chi connectivity index (χ4v) is 6.02. The van der Waals surface area contributed by atoms with Gasteiger partial charge in [0.2, 0.25) is 5.91 Å². The molecule has 1 fully saturated rings. The third-order valence-corrected chi connectivity index (χ3v) is 8.94. The van der Waals surface area contributed by atoms with Gasteiger partial charge in [0.15, 0.2) is 0 Å². The number of likely N-dealkylation sites (N-methyl/N-ethyl adjacent to an activating group) is 4. The van der Waals surface area contributed by atoms with Crippen molar-refractivity contribution in [3.8, 4) is 5.75 Å². The Morgan fingerprint density at radius 3 is 2.14 bits per heavy atom. The van der Waals surface area contributed by atoms with Crippen LogP contribution in [0, 0.1) is 19.8 Å². The van der Waals surface area contributed by atoms with Gasteiger partial charge in [0.1, 0.15) is 23.3 Å². The Kier molecular flexibility index (Phi) is 12.8. The van der Waals surface area contributed by atoms with Crippen LogP contribution in [0.5, 0.6) is 5.75 Å². The second-order valence-electron chi connectivity index (χ2n) is 10.5. The quantitative estimate of drug-likeness (QED) is 0.349. The van der Waals surface area contributed by atoms with Gasteiger partial charge < -0.3 is 24.2 Å². The molecule has 1 aliphatic carbocycles. The number of methoxy groups -OCH3 is 1. The molecule has 1 saturated carbocycles. The molecule has 0 N–H and O–H groups in total. The maximum absolute atomic E-state index is 13.0. The predicted molar refractivity (Wildman–Crippen MR) is 147 cm³/mol. The molecule has 0 bridgehead atoms. The summed E-state index contributed by atoms with van der Waals surface area (Å²) in [4.78, 5) is 19.9. The van der Waals surface area contributed by atoms with E-state index in [1.54, 1.807) is 11.4 Å². The van der Waals surface area contributed by atoms with Gasteiger partial charge in [-0.15, -0.1) is 0 Å². The van der Waals surface area contributed by atoms with Gasteiger partial charge in [0.25, 0.3) is 0 Å². The van der Waals surface area contributed by atoms with Crippen LogP contribution in [0.2, 0.25) is 0 Å². The fraction of sp³-hybridized carbons (Fsp3) is 0.741. The Balaban J connectivity index is 1.69. The Bertz CT molecular complexity index is 835. The first-order chi connectivity index (χ1) is 17.0. The molecule has 9 heteroatoms. The molecule has 8 nitrogen and oxygen atoms in total. The minimum absolute atomic E-state index is 0.00541. The number of benzene rings is 1. The van der Waals surface area contributed by atoms with Gasteiger partial charge in [-0.3, -0.25) is 4.79 Å². The number of hydrogen-bond donors (Lipinski definition) is 0. The maximum atomic E-state index is 13.0. The summed E-state index contributed by atoms with van der Waals surface area (Å²) in [5.41, 5.74) is 1.87. The number of rotatable bonds is 14. The smallest absolute Gasteiger partial charge is 0.248 e. The number of amides is 1. The highest BCUT2D eigenvalue weighted by atomic mass is 32.2. The molecule has 0 aromatic heterocycles. The monoisotopic (exact) mass is 524 g/mol. The molecule has 1 aromatic rings. The van der Waals surface area contributed by atoms with Gasteiger partial charge in [-0.05, 0) is 89.9 Å². The summed E-state index contributed by atoms with van der Waals surface area (Å²) in [5, 5.41) is 0. The summed E-state index contributed by atoms with van der Waals surface area (Å²) >= 11 is 0. The number of aryl methyl sites for hydroxylation is 2. The molecule has 0 aliphatic heterocycles. The zero-order chi connectivity index (χ0) is 26.8. The average molecular weight is 525 g/mol. The fourth-order valence-electron chi connectivity index (χ4n) is 4.80. The van der Waals surface area contributed by atoms with Gasteiger partial charge in [0, 0.05) is 46.3 Å². The van der Waals surface area contributed by atoms with E-state index in [4.69, 9.17) is 9.47 Å². The van der Waals surface area contributed by atoms with E-state index in [1.165, 1.54) is 12.8 Å². The Labute approximate surface area is 221 Å². The minimum Gasteiger partial charge on any atom is -0.497 e. The Morgan fingerprint density at radius 2 is 1.58 bits per heavy atom. The molecule has 1 aliphatic rings. The van der Waals surface area contributed by atoms with Crippen molar-refractivity contribution in [3.05, 3.63) is 23.3 Å². The van der Waals surface area contributed by atoms with E-state index in [1.807, 2.05) is 45.0 Å². The van der Waals surface area contributed by atoms with Crippen LogP contribution in [0.25, 0.3) is 0 Å². The first-order valence-corrected chi connectivity index (χ1v) is 14.1. The van der Waals surface area contributed by atoms with Crippen molar-refractivity contribution in [2.24, 2.45) is 5.92 Å². The number of hydrogen-bond acceptors (Lipinski definition) is 6. The van der Waals surface area contributed by atoms with E-state index in [2.05, 4.69) is 30.9 Å². The highest BCUT2D eigenvalue weighted by Gasteiger charge is 2.26. The van der Waals surface area contributed by atoms with Gasteiger partial charge in [-0.1, -0.05) is 0 Å². The first-order valence-electron chi connectivity index (χ1n) is 13.0. The lowest BCUT2D eigenvalue weighted by Crippen LogP contribution is -2.41. The largest absolute Gasteiger partial charge is 0.497 e. The molecule has 1 aromatic carbocycles. The number of carbonyl (C=O) groups is 1. The molecule has 1 amide bonds. The van der Waals surface area contributed by atoms with Gasteiger partial charge >= 0.3 is 0 Å². The molecule has 1 atom stereocenters. The highest BCUT2D eigenvalue weighted by molar-refractivity contribution is 7.82. The van der Waals surface area contributed by atoms with Crippen LogP contribution in [-0.4, -0.2) is 117 Å². The molecule has 0 radical (unpaired) electrons. The topological polar surface area (TPSA) is 65.6 Å². The van der Waals surface area contributed by atoms with E-state index in [-0.39, 0.29) is 12.5 Å². The van der Waals surface area contributed by atoms with E-state index in [9.17, 15) is 9.00 Å². The van der Waals surface area contributed by atoms with Crippen LogP contribution < -0.4 is 4.74 Å². The Morgan fingerprint density at radius 1 is 0.972 bits per heavy atom. The van der Waals surface area contributed by atoms with Crippen LogP contribution in [0.4, 0.5) is 0 Å². The van der Waals surface area contributed by atoms with Crippen molar-refractivity contribution in [2.45, 2.75) is 50.5 Å². The molecule has 0 heterocycles.